The Labute approximate surface area is 112 Å². The smallest absolute Gasteiger partial charge is 0.0670 e. The van der Waals surface area contributed by atoms with Gasteiger partial charge in [-0.05, 0) is 31.0 Å². The number of rotatable bonds is 6. The van der Waals surface area contributed by atoms with Crippen molar-refractivity contribution in [2.45, 2.75) is 26.8 Å². The lowest BCUT2D eigenvalue weighted by Gasteiger charge is -2.24. The van der Waals surface area contributed by atoms with Crippen molar-refractivity contribution in [1.29, 1.82) is 0 Å². The van der Waals surface area contributed by atoms with E-state index in [1.54, 1.807) is 0 Å². The minimum atomic E-state index is 0.276. The highest BCUT2D eigenvalue weighted by atomic mass is 79.9. The maximum absolute atomic E-state index is 5.97. The summed E-state index contributed by atoms with van der Waals surface area (Å²) < 4.78 is 6.47. The van der Waals surface area contributed by atoms with Crippen molar-refractivity contribution in [3.05, 3.63) is 22.7 Å². The highest BCUT2D eigenvalue weighted by Gasteiger charge is 2.14. The van der Waals surface area contributed by atoms with Crippen LogP contribution in [0.2, 0.25) is 0 Å². The molecule has 0 aliphatic rings. The predicted molar refractivity (Wildman–Crippen MR) is 77.3 cm³/mol. The first kappa shape index (κ1) is 14.3. The van der Waals surface area contributed by atoms with Crippen LogP contribution in [0.3, 0.4) is 0 Å². The van der Waals surface area contributed by atoms with E-state index in [0.29, 0.717) is 12.5 Å². The first-order valence-corrected chi connectivity index (χ1v) is 6.73. The van der Waals surface area contributed by atoms with Gasteiger partial charge in [-0.2, -0.15) is 0 Å². The highest BCUT2D eigenvalue weighted by Crippen LogP contribution is 2.24. The van der Waals surface area contributed by atoms with Crippen LogP contribution in [0.25, 0.3) is 0 Å². The maximum Gasteiger partial charge on any atom is 0.0670 e. The van der Waals surface area contributed by atoms with Gasteiger partial charge in [-0.15, -0.1) is 0 Å². The van der Waals surface area contributed by atoms with Crippen LogP contribution >= 0.6 is 15.9 Å². The summed E-state index contributed by atoms with van der Waals surface area (Å²) in [4.78, 5) is 0. The summed E-state index contributed by atoms with van der Waals surface area (Å²) >= 11 is 3.40. The molecule has 0 aromatic heterocycles. The second-order valence-corrected chi connectivity index (χ2v) is 5.30. The van der Waals surface area contributed by atoms with E-state index in [0.717, 1.165) is 22.5 Å². The lowest BCUT2D eigenvalue weighted by Crippen LogP contribution is -2.31. The monoisotopic (exact) mass is 300 g/mol. The molecule has 0 fully saturated rings. The summed E-state index contributed by atoms with van der Waals surface area (Å²) in [6, 6.07) is 6.15. The molecule has 0 heterocycles. The molecular formula is C13H21BrN2O. The Hall–Kier alpha value is -0.740. The number of halogens is 1. The van der Waals surface area contributed by atoms with Crippen molar-refractivity contribution in [3.63, 3.8) is 0 Å². The molecule has 0 radical (unpaired) electrons. The van der Waals surface area contributed by atoms with Crippen LogP contribution < -0.4 is 11.1 Å². The third kappa shape index (κ3) is 4.56. The van der Waals surface area contributed by atoms with Crippen LogP contribution in [-0.2, 0) is 4.74 Å². The number of nitrogens with two attached hydrogens (primary N) is 1. The molecule has 0 bridgehead atoms. The van der Waals surface area contributed by atoms with Crippen molar-refractivity contribution in [1.82, 2.24) is 0 Å². The van der Waals surface area contributed by atoms with Crippen LogP contribution in [0, 0.1) is 5.92 Å². The molecule has 0 saturated carbocycles. The second kappa shape index (κ2) is 6.87. The minimum Gasteiger partial charge on any atom is -0.397 e. The van der Waals surface area contributed by atoms with Crippen molar-refractivity contribution < 1.29 is 4.74 Å². The van der Waals surface area contributed by atoms with Crippen LogP contribution in [0.5, 0.6) is 0 Å². The number of nitrogens with one attached hydrogen (secondary N) is 1. The van der Waals surface area contributed by atoms with Gasteiger partial charge in [-0.1, -0.05) is 29.8 Å². The molecule has 17 heavy (non-hydrogen) atoms. The number of benzene rings is 1. The Bertz CT molecular complexity index is 355. The molecule has 0 saturated heterocycles. The number of hydrogen-bond acceptors (Lipinski definition) is 3. The summed E-state index contributed by atoms with van der Waals surface area (Å²) in [5.74, 6) is 0.490. The molecule has 1 unspecified atom stereocenters. The Morgan fingerprint density at radius 2 is 2.12 bits per heavy atom. The number of ether oxygens (including phenoxy) is 1. The standard InChI is InChI=1S/C13H21BrN2O/c1-4-17-8-13(9(2)3)16-12-6-5-10(14)7-11(12)15/h5-7,9,13,16H,4,8,15H2,1-3H3. The van der Waals surface area contributed by atoms with E-state index < -0.39 is 0 Å². The Kier molecular flexibility index (Phi) is 5.78. The zero-order chi connectivity index (χ0) is 12.8. The number of nitrogen functional groups attached to an aromatic ring is 1. The zero-order valence-corrected chi connectivity index (χ0v) is 12.3. The van der Waals surface area contributed by atoms with Gasteiger partial charge in [-0.3, -0.25) is 0 Å². The van der Waals surface area contributed by atoms with E-state index in [2.05, 4.69) is 35.1 Å². The Balaban J connectivity index is 2.71. The van der Waals surface area contributed by atoms with E-state index >= 15 is 0 Å². The van der Waals surface area contributed by atoms with E-state index in [9.17, 15) is 0 Å². The third-order valence-electron chi connectivity index (χ3n) is 2.66. The highest BCUT2D eigenvalue weighted by molar-refractivity contribution is 9.10. The summed E-state index contributed by atoms with van der Waals surface area (Å²) in [6.45, 7) is 7.78. The molecule has 4 heteroatoms. The van der Waals surface area contributed by atoms with Crippen molar-refractivity contribution in [2.24, 2.45) is 5.92 Å². The van der Waals surface area contributed by atoms with Gasteiger partial charge in [0.25, 0.3) is 0 Å². The normalized spacial score (nSPS) is 12.8. The fourth-order valence-electron chi connectivity index (χ4n) is 1.51. The fourth-order valence-corrected chi connectivity index (χ4v) is 1.89. The second-order valence-electron chi connectivity index (χ2n) is 4.39. The van der Waals surface area contributed by atoms with Crippen molar-refractivity contribution >= 4 is 27.3 Å². The molecule has 1 rings (SSSR count). The topological polar surface area (TPSA) is 47.3 Å². The fraction of sp³-hybridized carbons (Fsp3) is 0.538. The molecule has 0 aliphatic carbocycles. The van der Waals surface area contributed by atoms with E-state index in [-0.39, 0.29) is 6.04 Å². The van der Waals surface area contributed by atoms with Crippen LogP contribution in [-0.4, -0.2) is 19.3 Å². The SMILES string of the molecule is CCOCC(Nc1ccc(Br)cc1N)C(C)C. The van der Waals surface area contributed by atoms with Gasteiger partial charge in [0.15, 0.2) is 0 Å². The molecule has 0 aliphatic heterocycles. The van der Waals surface area contributed by atoms with E-state index in [1.807, 2.05) is 25.1 Å². The zero-order valence-electron chi connectivity index (χ0n) is 10.7. The molecule has 3 nitrogen and oxygen atoms in total. The van der Waals surface area contributed by atoms with E-state index in [1.165, 1.54) is 0 Å². The van der Waals surface area contributed by atoms with Gasteiger partial charge in [0, 0.05) is 11.1 Å². The Morgan fingerprint density at radius 3 is 2.65 bits per heavy atom. The largest absolute Gasteiger partial charge is 0.397 e. The first-order chi connectivity index (χ1) is 8.04. The van der Waals surface area contributed by atoms with Crippen LogP contribution in [0.1, 0.15) is 20.8 Å². The maximum atomic E-state index is 5.97. The van der Waals surface area contributed by atoms with Crippen molar-refractivity contribution in [2.75, 3.05) is 24.3 Å². The molecule has 3 N–H and O–H groups in total. The van der Waals surface area contributed by atoms with Gasteiger partial charge in [0.05, 0.1) is 24.0 Å². The number of hydrogen-bond donors (Lipinski definition) is 2. The Morgan fingerprint density at radius 1 is 1.41 bits per heavy atom. The molecule has 0 spiro atoms. The van der Waals surface area contributed by atoms with Gasteiger partial charge in [0.1, 0.15) is 0 Å². The van der Waals surface area contributed by atoms with Crippen molar-refractivity contribution in [3.8, 4) is 0 Å². The van der Waals surface area contributed by atoms with Gasteiger partial charge >= 0.3 is 0 Å². The third-order valence-corrected chi connectivity index (χ3v) is 3.15. The number of anilines is 2. The summed E-state index contributed by atoms with van der Waals surface area (Å²) in [7, 11) is 0. The molecule has 1 aromatic rings. The quantitative estimate of drug-likeness (QED) is 0.791. The predicted octanol–water partition coefficient (Wildman–Crippen LogP) is 3.50. The van der Waals surface area contributed by atoms with Gasteiger partial charge in [0.2, 0.25) is 0 Å². The molecule has 0 amide bonds. The molecule has 1 aromatic carbocycles. The molecular weight excluding hydrogens is 280 g/mol. The molecule has 1 atom stereocenters. The average Bonchev–Trinajstić information content (AvgIpc) is 2.26. The lowest BCUT2D eigenvalue weighted by molar-refractivity contribution is 0.127. The summed E-state index contributed by atoms with van der Waals surface area (Å²) in [6.07, 6.45) is 0. The van der Waals surface area contributed by atoms with Gasteiger partial charge in [-0.25, -0.2) is 0 Å². The van der Waals surface area contributed by atoms with Gasteiger partial charge < -0.3 is 15.8 Å². The molecule has 96 valence electrons. The average molecular weight is 301 g/mol. The van der Waals surface area contributed by atoms with Crippen LogP contribution in [0.4, 0.5) is 11.4 Å². The lowest BCUT2D eigenvalue weighted by atomic mass is 10.0. The van der Waals surface area contributed by atoms with Crippen LogP contribution in [0.15, 0.2) is 22.7 Å². The minimum absolute atomic E-state index is 0.276. The summed E-state index contributed by atoms with van der Waals surface area (Å²) in [5, 5.41) is 3.44. The summed E-state index contributed by atoms with van der Waals surface area (Å²) in [5.41, 5.74) is 7.68. The van der Waals surface area contributed by atoms with E-state index in [4.69, 9.17) is 10.5 Å². The first-order valence-electron chi connectivity index (χ1n) is 5.94.